The topological polar surface area (TPSA) is 246 Å². The second-order valence-electron chi connectivity index (χ2n) is 18.8. The Balaban J connectivity index is 1.46. The molecule has 4 bridgehead atoms. The summed E-state index contributed by atoms with van der Waals surface area (Å²) in [5.74, 6) is -6.78. The molecule has 2 aromatic rings. The molecule has 6 N–H and O–H groups in total. The average Bonchev–Trinajstić information content (AvgIpc) is 3.61. The second kappa shape index (κ2) is 19.4. The Morgan fingerprint density at radius 3 is 2.31 bits per heavy atom. The lowest BCUT2D eigenvalue weighted by molar-refractivity contribution is -0.160. The number of aliphatic hydroxyl groups excluding tert-OH is 2. The van der Waals surface area contributed by atoms with Crippen LogP contribution in [0.3, 0.4) is 0 Å². The van der Waals surface area contributed by atoms with Crippen molar-refractivity contribution in [1.82, 2.24) is 9.88 Å². The van der Waals surface area contributed by atoms with Crippen LogP contribution in [-0.2, 0) is 23.8 Å². The number of ether oxygens (including phenoxy) is 4. The van der Waals surface area contributed by atoms with Crippen LogP contribution in [-0.4, -0.2) is 123 Å². The molecule has 2 aromatic carbocycles. The number of piperazine rings is 1. The number of nitrogens with zero attached hydrogens (tertiary/aromatic N) is 4. The molecule has 7 rings (SSSR count). The molecule has 9 atom stereocenters. The van der Waals surface area contributed by atoms with Gasteiger partial charge in [0.2, 0.25) is 5.43 Å². The molecule has 5 aliphatic rings. The Bertz CT molecular complexity index is 2760. The van der Waals surface area contributed by atoms with Gasteiger partial charge in [0.05, 0.1) is 35.5 Å². The van der Waals surface area contributed by atoms with Crippen LogP contribution in [0.25, 0.3) is 33.3 Å². The minimum Gasteiger partial charge on any atom is -0.507 e. The van der Waals surface area contributed by atoms with Gasteiger partial charge in [-0.15, -0.1) is 0 Å². The first kappa shape index (κ1) is 49.7. The van der Waals surface area contributed by atoms with Gasteiger partial charge in [0, 0.05) is 111 Å². The third kappa shape index (κ3) is 8.97. The molecule has 0 aromatic heterocycles. The molecule has 366 valence electrons. The summed E-state index contributed by atoms with van der Waals surface area (Å²) in [5.41, 5.74) is -0.574. The molecule has 18 heteroatoms. The molecule has 0 radical (unpaired) electrons. The van der Waals surface area contributed by atoms with Gasteiger partial charge in [-0.1, -0.05) is 51.1 Å². The number of fused-ring (bicyclic) bond motifs is 2. The summed E-state index contributed by atoms with van der Waals surface area (Å²) in [6, 6.07) is 3.65. The Labute approximate surface area is 394 Å². The SMILES string of the molecule is CO[C@H]1/C=C/O[C@@]2(C)Oc3c(C)c(O)c4c(=O)c(c5oc6cc(N7CCN(C(C)C)CC7)cc(O)c6nc-5c4c3/C2=N/O)NC(=O)/C(C)=C\C=C\[C@H](C)[C@H](O)[C@@H](C)[C@@H](O)[C@@H](C)[C@H](OC(C)=O)[C@@H]1C. The Morgan fingerprint density at radius 2 is 1.68 bits per heavy atom. The second-order valence-corrected chi connectivity index (χ2v) is 18.8. The molecule has 1 saturated heterocycles. The van der Waals surface area contributed by atoms with Gasteiger partial charge in [0.1, 0.15) is 40.3 Å². The van der Waals surface area contributed by atoms with E-state index in [2.05, 4.69) is 34.1 Å². The minimum atomic E-state index is -1.93. The number of allylic oxidation sites excluding steroid dienone is 2. The third-order valence-corrected chi connectivity index (χ3v) is 13.9. The van der Waals surface area contributed by atoms with E-state index in [0.717, 1.165) is 13.1 Å². The van der Waals surface area contributed by atoms with Crippen LogP contribution in [0.4, 0.5) is 11.4 Å². The number of hydrogen-bond acceptors (Lipinski definition) is 17. The largest absolute Gasteiger partial charge is 0.507 e. The Kier molecular flexibility index (Phi) is 14.2. The molecule has 68 heavy (non-hydrogen) atoms. The van der Waals surface area contributed by atoms with Gasteiger partial charge in [0.25, 0.3) is 11.7 Å². The smallest absolute Gasteiger partial charge is 0.302 e. The summed E-state index contributed by atoms with van der Waals surface area (Å²) in [7, 11) is 1.45. The number of carbonyl (C=O) groups is 2. The number of rotatable bonds is 4. The number of oxime groups is 1. The maximum atomic E-state index is 15.0. The summed E-state index contributed by atoms with van der Waals surface area (Å²) < 4.78 is 30.8. The predicted molar refractivity (Wildman–Crippen MR) is 256 cm³/mol. The predicted octanol–water partition coefficient (Wildman–Crippen LogP) is 6.18. The van der Waals surface area contributed by atoms with Crippen molar-refractivity contribution in [2.24, 2.45) is 28.8 Å². The van der Waals surface area contributed by atoms with Crippen LogP contribution in [0.5, 0.6) is 17.2 Å². The van der Waals surface area contributed by atoms with Gasteiger partial charge in [-0.25, -0.2) is 4.98 Å². The lowest BCUT2D eigenvalue weighted by atomic mass is 9.78. The van der Waals surface area contributed by atoms with E-state index in [1.807, 2.05) is 0 Å². The van der Waals surface area contributed by atoms with E-state index in [1.165, 1.54) is 53.2 Å². The monoisotopic (exact) mass is 941 g/mol. The van der Waals surface area contributed by atoms with Crippen LogP contribution in [0, 0.1) is 30.6 Å². The molecule has 0 spiro atoms. The minimum absolute atomic E-state index is 0.00470. The van der Waals surface area contributed by atoms with E-state index >= 15 is 0 Å². The number of aromatic hydroxyl groups is 2. The highest BCUT2D eigenvalue weighted by molar-refractivity contribution is 6.24. The van der Waals surface area contributed by atoms with Crippen LogP contribution in [0.15, 0.2) is 62.6 Å². The first-order valence-corrected chi connectivity index (χ1v) is 22.9. The van der Waals surface area contributed by atoms with Gasteiger partial charge in [-0.3, -0.25) is 19.3 Å². The van der Waals surface area contributed by atoms with Crippen molar-refractivity contribution in [3.8, 4) is 28.7 Å². The van der Waals surface area contributed by atoms with Gasteiger partial charge in [-0.05, 0) is 33.8 Å². The maximum absolute atomic E-state index is 15.0. The van der Waals surface area contributed by atoms with Crippen molar-refractivity contribution in [1.29, 1.82) is 0 Å². The molecule has 0 saturated carbocycles. The van der Waals surface area contributed by atoms with Crippen molar-refractivity contribution in [2.45, 2.75) is 105 Å². The molecular formula is C50H63N5O13. The highest BCUT2D eigenvalue weighted by atomic mass is 16.7. The van der Waals surface area contributed by atoms with Crippen molar-refractivity contribution < 1.29 is 58.6 Å². The van der Waals surface area contributed by atoms with E-state index < -0.39 is 76.9 Å². The quantitative estimate of drug-likeness (QED) is 0.0440. The van der Waals surface area contributed by atoms with Gasteiger partial charge in [0.15, 0.2) is 17.1 Å². The zero-order chi connectivity index (χ0) is 49.7. The Morgan fingerprint density at radius 1 is 0.985 bits per heavy atom. The number of carbonyl (C=O) groups excluding carboxylic acids is 2. The van der Waals surface area contributed by atoms with Crippen LogP contribution in [0.1, 0.15) is 73.4 Å². The van der Waals surface area contributed by atoms with E-state index in [4.69, 9.17) is 28.3 Å². The van der Waals surface area contributed by atoms with Gasteiger partial charge >= 0.3 is 5.97 Å². The summed E-state index contributed by atoms with van der Waals surface area (Å²) in [4.78, 5) is 50.8. The van der Waals surface area contributed by atoms with Crippen molar-refractivity contribution in [3.63, 3.8) is 0 Å². The van der Waals surface area contributed by atoms with E-state index in [-0.39, 0.29) is 72.9 Å². The van der Waals surface area contributed by atoms with Crippen LogP contribution >= 0.6 is 0 Å². The maximum Gasteiger partial charge on any atom is 0.302 e. The van der Waals surface area contributed by atoms with Crippen LogP contribution in [0.2, 0.25) is 0 Å². The normalized spacial score (nSPS) is 30.1. The summed E-state index contributed by atoms with van der Waals surface area (Å²) in [6.45, 7) is 19.9. The fraction of sp³-hybridized carbons (Fsp3) is 0.500. The van der Waals surface area contributed by atoms with Gasteiger partial charge < -0.3 is 59.2 Å². The lowest BCUT2D eigenvalue weighted by Gasteiger charge is -2.38. The number of nitrogens with one attached hydrogen (secondary N) is 1. The summed E-state index contributed by atoms with van der Waals surface area (Å²) >= 11 is 0. The number of aromatic nitrogens is 1. The standard InChI is InChI=1S/C50H63N5O13/c1-23(2)54-16-18-55(19-17-54)31-21-32(57)38-34(22-31)67-47-39(51-38)35-36-43(60)29(8)46-37(35)48(53-63)50(10,68-46)65-20-15-33(64-11)26(5)45(66-30(9)56)28(7)42(59)27(6)41(58)24(3)13-12-14-25(4)49(62)52-40(47)44(36)61/h12-15,20-24,26-28,33,41-42,45,57-60,63H,16-19H2,1-11H3,(H,52,62)/b13-12+,20-15+,25-14-,53-48-/t24-,26+,27+,28+,33-,41-,42+,45+,50-/m0/s1. The number of esters is 1. The molecule has 4 heterocycles. The molecule has 4 aliphatic heterocycles. The number of phenolic OH excluding ortho intramolecular Hbond substituents is 2. The van der Waals surface area contributed by atoms with Crippen LogP contribution < -0.4 is 20.4 Å². The molecule has 1 aliphatic carbocycles. The highest BCUT2D eigenvalue weighted by Crippen LogP contribution is 2.51. The lowest BCUT2D eigenvalue weighted by Crippen LogP contribution is -2.48. The third-order valence-electron chi connectivity index (χ3n) is 13.9. The average molecular weight is 942 g/mol. The Hall–Kier alpha value is -6.21. The zero-order valence-corrected chi connectivity index (χ0v) is 40.4. The molecular weight excluding hydrogens is 879 g/mol. The zero-order valence-electron chi connectivity index (χ0n) is 40.4. The molecule has 0 unspecified atom stereocenters. The summed E-state index contributed by atoms with van der Waals surface area (Å²) in [5, 5.41) is 63.4. The van der Waals surface area contributed by atoms with Crippen molar-refractivity contribution >= 4 is 50.8 Å². The molecule has 1 amide bonds. The first-order valence-electron chi connectivity index (χ1n) is 22.9. The molecule has 1 fully saturated rings. The number of methoxy groups -OCH3 is 1. The van der Waals surface area contributed by atoms with E-state index in [0.29, 0.717) is 24.8 Å². The highest BCUT2D eigenvalue weighted by Gasteiger charge is 2.49. The summed E-state index contributed by atoms with van der Waals surface area (Å²) in [6.07, 6.45) is 3.58. The van der Waals surface area contributed by atoms with E-state index in [1.54, 1.807) is 52.0 Å². The number of benzene rings is 3. The number of aliphatic hydroxyl groups is 2. The van der Waals surface area contributed by atoms with Crippen molar-refractivity contribution in [3.05, 3.63) is 69.6 Å². The number of amides is 1. The van der Waals surface area contributed by atoms with Crippen molar-refractivity contribution in [2.75, 3.05) is 43.5 Å². The fourth-order valence-electron chi connectivity index (χ4n) is 9.71. The number of hydrogen-bond donors (Lipinski definition) is 6. The number of phenols is 2. The molecule has 18 nitrogen and oxygen atoms in total. The number of anilines is 2. The van der Waals surface area contributed by atoms with E-state index in [9.17, 15) is 40.0 Å². The van der Waals surface area contributed by atoms with Gasteiger partial charge in [-0.2, -0.15) is 0 Å². The first-order chi connectivity index (χ1) is 32.1. The fourth-order valence-corrected chi connectivity index (χ4v) is 9.71.